The molecule has 0 aliphatic heterocycles. The molecule has 0 bridgehead atoms. The van der Waals surface area contributed by atoms with Gasteiger partial charge >= 0.3 is 0 Å². The molecule has 0 aliphatic rings. The van der Waals surface area contributed by atoms with E-state index in [-0.39, 0.29) is 11.5 Å². The van der Waals surface area contributed by atoms with Gasteiger partial charge in [-0.1, -0.05) is 26.0 Å². The molecule has 0 amide bonds. The van der Waals surface area contributed by atoms with Gasteiger partial charge in [-0.2, -0.15) is 8.42 Å². The van der Waals surface area contributed by atoms with Gasteiger partial charge in [0.1, 0.15) is 0 Å². The smallest absolute Gasteiger partial charge is 0.267 e. The number of hydrogen-bond acceptors (Lipinski definition) is 3. The molecule has 0 N–H and O–H groups in total. The molecule has 0 unspecified atom stereocenters. The van der Waals surface area contributed by atoms with Gasteiger partial charge in [0, 0.05) is 0 Å². The molecule has 0 radical (unpaired) electrons. The molecule has 0 spiro atoms. The van der Waals surface area contributed by atoms with E-state index in [1.165, 1.54) is 0 Å². The van der Waals surface area contributed by atoms with Crippen LogP contribution in [-0.4, -0.2) is 15.0 Å². The first kappa shape index (κ1) is 13.2. The minimum absolute atomic E-state index is 0.163. The topological polar surface area (TPSA) is 43.4 Å². The third-order valence-electron chi connectivity index (χ3n) is 2.13. The van der Waals surface area contributed by atoms with Gasteiger partial charge in [0.25, 0.3) is 10.1 Å². The molecular weight excluding hydrogens is 224 g/mol. The summed E-state index contributed by atoms with van der Waals surface area (Å²) in [4.78, 5) is 0.224. The molecule has 90 valence electrons. The lowest BCUT2D eigenvalue weighted by Crippen LogP contribution is -2.06. The van der Waals surface area contributed by atoms with Crippen LogP contribution in [0, 0.1) is 5.92 Å². The first-order valence-corrected chi connectivity index (χ1v) is 6.85. The van der Waals surface area contributed by atoms with Gasteiger partial charge in [-0.3, -0.25) is 4.18 Å². The highest BCUT2D eigenvalue weighted by molar-refractivity contribution is 7.86. The van der Waals surface area contributed by atoms with E-state index in [1.54, 1.807) is 19.1 Å². The van der Waals surface area contributed by atoms with Crippen molar-refractivity contribution in [3.05, 3.63) is 29.8 Å². The fraction of sp³-hybridized carbons (Fsp3) is 0.500. The summed E-state index contributed by atoms with van der Waals surface area (Å²) in [7, 11) is -3.56. The Kier molecular flexibility index (Phi) is 4.50. The lowest BCUT2D eigenvalue weighted by Gasteiger charge is -2.06. The molecule has 0 aliphatic carbocycles. The summed E-state index contributed by atoms with van der Waals surface area (Å²) in [5.74, 6) is 0.564. The van der Waals surface area contributed by atoms with Crippen LogP contribution >= 0.6 is 0 Å². The Morgan fingerprint density at radius 2 is 1.75 bits per heavy atom. The molecular formula is C12H18O3S. The van der Waals surface area contributed by atoms with E-state index < -0.39 is 10.1 Å². The number of rotatable bonds is 5. The summed E-state index contributed by atoms with van der Waals surface area (Å²) in [6.45, 7) is 6.08. The minimum atomic E-state index is -3.56. The highest BCUT2D eigenvalue weighted by atomic mass is 32.2. The second-order valence-electron chi connectivity index (χ2n) is 4.10. The van der Waals surface area contributed by atoms with Crippen molar-refractivity contribution in [2.45, 2.75) is 32.1 Å². The maximum Gasteiger partial charge on any atom is 0.296 e. The van der Waals surface area contributed by atoms with Gasteiger partial charge in [-0.15, -0.1) is 0 Å². The van der Waals surface area contributed by atoms with Crippen LogP contribution in [0.1, 0.15) is 26.3 Å². The molecule has 3 nitrogen and oxygen atoms in total. The second kappa shape index (κ2) is 5.46. The highest BCUT2D eigenvalue weighted by Crippen LogP contribution is 2.15. The maximum atomic E-state index is 11.5. The van der Waals surface area contributed by atoms with Crippen LogP contribution in [0.5, 0.6) is 0 Å². The summed E-state index contributed by atoms with van der Waals surface area (Å²) in [6, 6.07) is 6.88. The van der Waals surface area contributed by atoms with Gasteiger partial charge in [0.15, 0.2) is 0 Å². The third-order valence-corrected chi connectivity index (χ3v) is 3.52. The molecule has 1 rings (SSSR count). The van der Waals surface area contributed by atoms with Gasteiger partial charge < -0.3 is 0 Å². The zero-order chi connectivity index (χ0) is 12.2. The Labute approximate surface area is 97.6 Å². The fourth-order valence-electron chi connectivity index (χ4n) is 1.49. The molecule has 0 aromatic heterocycles. The van der Waals surface area contributed by atoms with Crippen molar-refractivity contribution in [3.63, 3.8) is 0 Å². The van der Waals surface area contributed by atoms with Crippen molar-refractivity contribution >= 4 is 10.1 Å². The van der Waals surface area contributed by atoms with Crippen LogP contribution in [0.2, 0.25) is 0 Å². The Bertz CT molecular complexity index is 418. The van der Waals surface area contributed by atoms with Crippen molar-refractivity contribution in [3.8, 4) is 0 Å². The van der Waals surface area contributed by atoms with Gasteiger partial charge in [-0.25, -0.2) is 0 Å². The first-order chi connectivity index (χ1) is 7.45. The van der Waals surface area contributed by atoms with Gasteiger partial charge in [0.2, 0.25) is 0 Å². The zero-order valence-electron chi connectivity index (χ0n) is 9.93. The quantitative estimate of drug-likeness (QED) is 0.745. The average molecular weight is 242 g/mol. The van der Waals surface area contributed by atoms with Crippen LogP contribution in [-0.2, 0) is 20.7 Å². The Hall–Kier alpha value is -0.870. The molecule has 16 heavy (non-hydrogen) atoms. The lowest BCUT2D eigenvalue weighted by atomic mass is 10.0. The summed E-state index contributed by atoms with van der Waals surface area (Å²) < 4.78 is 27.8. The van der Waals surface area contributed by atoms with Gasteiger partial charge in [-0.05, 0) is 37.0 Å². The predicted octanol–water partition coefficient (Wildman–Crippen LogP) is 2.61. The predicted molar refractivity (Wildman–Crippen MR) is 63.8 cm³/mol. The standard InChI is InChI=1S/C12H18O3S/c1-4-15-16(13,14)12-7-5-11(6-8-12)9-10(2)3/h5-8,10H,4,9H2,1-3H3. The van der Waals surface area contributed by atoms with Crippen LogP contribution in [0.25, 0.3) is 0 Å². The van der Waals surface area contributed by atoms with Crippen molar-refractivity contribution in [2.24, 2.45) is 5.92 Å². The number of benzene rings is 1. The molecule has 0 heterocycles. The summed E-state index contributed by atoms with van der Waals surface area (Å²) in [5, 5.41) is 0. The van der Waals surface area contributed by atoms with E-state index in [0.717, 1.165) is 12.0 Å². The van der Waals surface area contributed by atoms with E-state index >= 15 is 0 Å². The Morgan fingerprint density at radius 3 is 2.19 bits per heavy atom. The second-order valence-corrected chi connectivity index (χ2v) is 5.72. The molecule has 4 heteroatoms. The van der Waals surface area contributed by atoms with Crippen LogP contribution in [0.3, 0.4) is 0 Å². The number of hydrogen-bond donors (Lipinski definition) is 0. The van der Waals surface area contributed by atoms with Crippen molar-refractivity contribution in [1.82, 2.24) is 0 Å². The molecule has 0 atom stereocenters. The lowest BCUT2D eigenvalue weighted by molar-refractivity contribution is 0.338. The average Bonchev–Trinajstić information content (AvgIpc) is 2.17. The van der Waals surface area contributed by atoms with Crippen LogP contribution in [0.15, 0.2) is 29.2 Å². The largest absolute Gasteiger partial charge is 0.296 e. The highest BCUT2D eigenvalue weighted by Gasteiger charge is 2.13. The van der Waals surface area contributed by atoms with E-state index in [0.29, 0.717) is 5.92 Å². The summed E-state index contributed by atoms with van der Waals surface area (Å²) >= 11 is 0. The maximum absolute atomic E-state index is 11.5. The summed E-state index contributed by atoms with van der Waals surface area (Å²) in [5.41, 5.74) is 1.14. The van der Waals surface area contributed by atoms with E-state index in [1.807, 2.05) is 12.1 Å². The SMILES string of the molecule is CCOS(=O)(=O)c1ccc(CC(C)C)cc1. The van der Waals surface area contributed by atoms with Crippen molar-refractivity contribution in [2.75, 3.05) is 6.61 Å². The Morgan fingerprint density at radius 1 is 1.19 bits per heavy atom. The molecule has 0 fully saturated rings. The van der Waals surface area contributed by atoms with Crippen LogP contribution in [0.4, 0.5) is 0 Å². The summed E-state index contributed by atoms with van der Waals surface area (Å²) in [6.07, 6.45) is 0.953. The monoisotopic (exact) mass is 242 g/mol. The van der Waals surface area contributed by atoms with Crippen molar-refractivity contribution < 1.29 is 12.6 Å². The van der Waals surface area contributed by atoms with Crippen molar-refractivity contribution in [1.29, 1.82) is 0 Å². The van der Waals surface area contributed by atoms with Gasteiger partial charge in [0.05, 0.1) is 11.5 Å². The molecule has 0 saturated heterocycles. The minimum Gasteiger partial charge on any atom is -0.267 e. The molecule has 1 aromatic rings. The van der Waals surface area contributed by atoms with E-state index in [4.69, 9.17) is 4.18 Å². The molecule has 0 saturated carbocycles. The Balaban J connectivity index is 2.87. The first-order valence-electron chi connectivity index (χ1n) is 5.44. The van der Waals surface area contributed by atoms with Crippen LogP contribution < -0.4 is 0 Å². The third kappa shape index (κ3) is 3.61. The fourth-order valence-corrected chi connectivity index (χ4v) is 2.40. The normalized spacial score (nSPS) is 12.0. The zero-order valence-corrected chi connectivity index (χ0v) is 10.8. The molecule has 1 aromatic carbocycles. The van der Waals surface area contributed by atoms with E-state index in [2.05, 4.69) is 13.8 Å². The van der Waals surface area contributed by atoms with E-state index in [9.17, 15) is 8.42 Å².